The first-order valence-corrected chi connectivity index (χ1v) is 19.9. The van der Waals surface area contributed by atoms with Gasteiger partial charge in [0, 0.05) is 6.42 Å². The smallest absolute Gasteiger partial charge is 0.146 e. The molecule has 0 heterocycles. The van der Waals surface area contributed by atoms with E-state index in [0.717, 1.165) is 51.5 Å². The third-order valence-corrected chi connectivity index (χ3v) is 10.6. The maximum absolute atomic E-state index is 7.13. The topological polar surface area (TPSA) is 46.2 Å². The lowest BCUT2D eigenvalue weighted by Crippen LogP contribution is -2.54. The van der Waals surface area contributed by atoms with Crippen LogP contribution in [0.5, 0.6) is 5.75 Å². The van der Waals surface area contributed by atoms with Gasteiger partial charge in [-0.1, -0.05) is 164 Å². The molecule has 2 aliphatic rings. The first-order valence-electron chi connectivity index (χ1n) is 19.9. The lowest BCUT2D eigenvalue weighted by atomic mass is 9.88. The van der Waals surface area contributed by atoms with E-state index in [1.54, 1.807) is 0 Å². The van der Waals surface area contributed by atoms with Gasteiger partial charge >= 0.3 is 0 Å². The molecule has 0 bridgehead atoms. The molecule has 56 heavy (non-hydrogen) atoms. The van der Waals surface area contributed by atoms with Crippen molar-refractivity contribution in [3.63, 3.8) is 0 Å². The van der Waals surface area contributed by atoms with Gasteiger partial charge in [-0.3, -0.25) is 0 Å². The Bertz CT molecular complexity index is 2100. The SMILES string of the molecule is C1=C(COCc2ccccc2)[C@@H](OCc2ccccc2)[C@@H](OCc2ccccc2)[C@@H](OCc2ccccc2)[C@@H]1Oc1ccccc1Cc1ccc(C2CC2)cc1. The Balaban J connectivity index is 1.14. The first kappa shape index (κ1) is 37.6. The normalized spacial score (nSPS) is 19.3. The number of para-hydroxylation sites is 1. The number of hydrogen-bond donors (Lipinski definition) is 0. The highest BCUT2D eigenvalue weighted by Gasteiger charge is 2.44. The molecular formula is C51H50O5. The van der Waals surface area contributed by atoms with E-state index in [1.165, 1.54) is 24.0 Å². The molecule has 4 atom stereocenters. The average molecular weight is 743 g/mol. The van der Waals surface area contributed by atoms with E-state index < -0.39 is 24.4 Å². The van der Waals surface area contributed by atoms with Crippen molar-refractivity contribution in [1.82, 2.24) is 0 Å². The Hall–Kier alpha value is -5.30. The quantitative estimate of drug-likeness (QED) is 0.0821. The molecule has 1 saturated carbocycles. The molecule has 284 valence electrons. The van der Waals surface area contributed by atoms with Gasteiger partial charge in [0.15, 0.2) is 0 Å². The van der Waals surface area contributed by atoms with Gasteiger partial charge in [-0.2, -0.15) is 0 Å². The lowest BCUT2D eigenvalue weighted by Gasteiger charge is -2.42. The molecule has 5 heteroatoms. The summed E-state index contributed by atoms with van der Waals surface area (Å²) in [6.07, 6.45) is 3.54. The second-order valence-corrected chi connectivity index (χ2v) is 14.8. The summed E-state index contributed by atoms with van der Waals surface area (Å²) in [6.45, 7) is 2.01. The molecule has 0 spiro atoms. The van der Waals surface area contributed by atoms with Crippen molar-refractivity contribution >= 4 is 0 Å². The Morgan fingerprint density at radius 1 is 0.429 bits per heavy atom. The van der Waals surface area contributed by atoms with E-state index in [-0.39, 0.29) is 0 Å². The van der Waals surface area contributed by atoms with E-state index in [4.69, 9.17) is 23.7 Å². The predicted octanol–water partition coefficient (Wildman–Crippen LogP) is 10.8. The number of benzene rings is 6. The fourth-order valence-corrected chi connectivity index (χ4v) is 7.39. The first-order chi connectivity index (χ1) is 27.7. The molecule has 6 aromatic carbocycles. The van der Waals surface area contributed by atoms with Gasteiger partial charge in [-0.25, -0.2) is 0 Å². The maximum atomic E-state index is 7.13. The highest BCUT2D eigenvalue weighted by molar-refractivity contribution is 5.40. The van der Waals surface area contributed by atoms with Crippen molar-refractivity contribution in [2.45, 2.75) is 76.0 Å². The number of hydrogen-bond acceptors (Lipinski definition) is 5. The zero-order chi connectivity index (χ0) is 37.8. The molecule has 8 rings (SSSR count). The summed E-state index contributed by atoms with van der Waals surface area (Å²) in [7, 11) is 0. The summed E-state index contributed by atoms with van der Waals surface area (Å²) in [5.74, 6) is 1.55. The van der Waals surface area contributed by atoms with Crippen LogP contribution in [0, 0.1) is 0 Å². The van der Waals surface area contributed by atoms with Gasteiger partial charge in [-0.15, -0.1) is 0 Å². The van der Waals surface area contributed by atoms with E-state index in [2.05, 4.69) is 97.1 Å². The molecule has 0 aliphatic heterocycles. The fraction of sp³-hybridized carbons (Fsp3) is 0.255. The van der Waals surface area contributed by atoms with Gasteiger partial charge in [0.05, 0.1) is 33.0 Å². The summed E-state index contributed by atoms with van der Waals surface area (Å²) < 4.78 is 34.4. The van der Waals surface area contributed by atoms with E-state index >= 15 is 0 Å². The Labute approximate surface area is 331 Å². The minimum atomic E-state index is -0.518. The van der Waals surface area contributed by atoms with E-state index in [1.807, 2.05) is 78.9 Å². The van der Waals surface area contributed by atoms with Gasteiger partial charge < -0.3 is 23.7 Å². The van der Waals surface area contributed by atoms with Crippen LogP contribution in [-0.2, 0) is 51.8 Å². The Morgan fingerprint density at radius 2 is 0.929 bits per heavy atom. The van der Waals surface area contributed by atoms with Crippen LogP contribution in [0.1, 0.15) is 57.7 Å². The van der Waals surface area contributed by atoms with Gasteiger partial charge in [0.2, 0.25) is 0 Å². The van der Waals surface area contributed by atoms with Crippen LogP contribution in [0.25, 0.3) is 0 Å². The van der Waals surface area contributed by atoms with Crippen LogP contribution in [0.15, 0.2) is 182 Å². The van der Waals surface area contributed by atoms with Crippen LogP contribution >= 0.6 is 0 Å². The summed E-state index contributed by atoms with van der Waals surface area (Å²) >= 11 is 0. The largest absolute Gasteiger partial charge is 0.483 e. The molecule has 1 fully saturated rings. The molecular weight excluding hydrogens is 693 g/mol. The zero-order valence-electron chi connectivity index (χ0n) is 31.8. The minimum Gasteiger partial charge on any atom is -0.483 e. The van der Waals surface area contributed by atoms with Crippen molar-refractivity contribution in [3.05, 3.63) is 220 Å². The van der Waals surface area contributed by atoms with Crippen LogP contribution in [-0.4, -0.2) is 31.0 Å². The van der Waals surface area contributed by atoms with Crippen molar-refractivity contribution < 1.29 is 23.7 Å². The maximum Gasteiger partial charge on any atom is 0.146 e. The summed E-state index contributed by atoms with van der Waals surface area (Å²) in [4.78, 5) is 0. The molecule has 0 N–H and O–H groups in total. The molecule has 0 aromatic heterocycles. The molecule has 6 aromatic rings. The van der Waals surface area contributed by atoms with Gasteiger partial charge in [0.25, 0.3) is 0 Å². The second kappa shape index (κ2) is 19.0. The van der Waals surface area contributed by atoms with Crippen LogP contribution in [0.2, 0.25) is 0 Å². The average Bonchev–Trinajstić information content (AvgIpc) is 4.11. The van der Waals surface area contributed by atoms with Crippen molar-refractivity contribution in [3.8, 4) is 5.75 Å². The Morgan fingerprint density at radius 3 is 1.50 bits per heavy atom. The number of ether oxygens (including phenoxy) is 5. The van der Waals surface area contributed by atoms with Crippen molar-refractivity contribution in [2.75, 3.05) is 6.61 Å². The monoisotopic (exact) mass is 742 g/mol. The third kappa shape index (κ3) is 10.3. The summed E-state index contributed by atoms with van der Waals surface area (Å²) in [6, 6.07) is 58.6. The molecule has 0 amide bonds. The Kier molecular flexibility index (Phi) is 12.8. The highest BCUT2D eigenvalue weighted by Crippen LogP contribution is 2.40. The molecule has 5 nitrogen and oxygen atoms in total. The fourth-order valence-electron chi connectivity index (χ4n) is 7.39. The molecule has 0 saturated heterocycles. The minimum absolute atomic E-state index is 0.347. The van der Waals surface area contributed by atoms with Gasteiger partial charge in [0.1, 0.15) is 30.2 Å². The van der Waals surface area contributed by atoms with Crippen LogP contribution in [0.3, 0.4) is 0 Å². The second-order valence-electron chi connectivity index (χ2n) is 14.8. The van der Waals surface area contributed by atoms with Crippen LogP contribution in [0.4, 0.5) is 0 Å². The van der Waals surface area contributed by atoms with Crippen LogP contribution < -0.4 is 4.74 Å². The molecule has 0 radical (unpaired) electrons. The summed E-state index contributed by atoms with van der Waals surface area (Å²) in [5.41, 5.74) is 9.12. The highest BCUT2D eigenvalue weighted by atomic mass is 16.6. The van der Waals surface area contributed by atoms with Crippen molar-refractivity contribution in [1.29, 1.82) is 0 Å². The van der Waals surface area contributed by atoms with Crippen molar-refractivity contribution in [2.24, 2.45) is 0 Å². The number of rotatable bonds is 18. The van der Waals surface area contributed by atoms with Gasteiger partial charge in [-0.05, 0) is 75.4 Å². The standard InChI is InChI=1S/C51H50O5/c1-5-15-39(16-6-1)33-52-37-46-32-48(56-47-24-14-13-23-45(47)31-38-25-27-43(28-26-38)44-29-30-44)50(54-35-41-19-9-3-10-20-41)51(55-36-42-21-11-4-12-22-42)49(46)53-34-40-17-7-2-8-18-40/h1-28,32,44,48-51H,29-31,33-37H2/t48-,49-,50+,51-/m1/s1. The molecule has 0 unspecified atom stereocenters. The summed E-state index contributed by atoms with van der Waals surface area (Å²) in [5, 5.41) is 0. The lowest BCUT2D eigenvalue weighted by molar-refractivity contribution is -0.169. The van der Waals surface area contributed by atoms with E-state index in [9.17, 15) is 0 Å². The zero-order valence-corrected chi connectivity index (χ0v) is 31.8. The third-order valence-electron chi connectivity index (χ3n) is 10.6. The predicted molar refractivity (Wildman–Crippen MR) is 221 cm³/mol. The van der Waals surface area contributed by atoms with E-state index in [0.29, 0.717) is 33.0 Å². The molecule has 2 aliphatic carbocycles.